The lowest BCUT2D eigenvalue weighted by atomic mass is 10.1. The molecule has 0 spiro atoms. The summed E-state index contributed by atoms with van der Waals surface area (Å²) in [5.74, 6) is 0.234. The summed E-state index contributed by atoms with van der Waals surface area (Å²) < 4.78 is 0. The van der Waals surface area contributed by atoms with E-state index in [1.54, 1.807) is 11.3 Å². The van der Waals surface area contributed by atoms with Crippen molar-refractivity contribution in [2.75, 3.05) is 32.7 Å². The predicted molar refractivity (Wildman–Crippen MR) is 117 cm³/mol. The number of hydrogen-bond acceptors (Lipinski definition) is 5. The minimum absolute atomic E-state index is 0.0146. The maximum Gasteiger partial charge on any atom is 0.317 e. The first kappa shape index (κ1) is 20.8. The molecule has 0 aliphatic carbocycles. The van der Waals surface area contributed by atoms with Gasteiger partial charge in [-0.15, -0.1) is 11.3 Å². The first-order chi connectivity index (χ1) is 14.6. The van der Waals surface area contributed by atoms with Crippen molar-refractivity contribution in [2.24, 2.45) is 0 Å². The SMILES string of the molecule is Cc1nc(CN2CCN(C(=O)NCc3cccc(CN4CCCC4=O)c3)CC2)cs1. The van der Waals surface area contributed by atoms with Crippen LogP contribution >= 0.6 is 11.3 Å². The van der Waals surface area contributed by atoms with Crippen LogP contribution in [0.3, 0.4) is 0 Å². The molecule has 2 fully saturated rings. The van der Waals surface area contributed by atoms with E-state index in [4.69, 9.17) is 0 Å². The second-order valence-corrected chi connectivity index (χ2v) is 9.08. The largest absolute Gasteiger partial charge is 0.338 e. The van der Waals surface area contributed by atoms with Gasteiger partial charge >= 0.3 is 6.03 Å². The van der Waals surface area contributed by atoms with E-state index in [-0.39, 0.29) is 11.9 Å². The van der Waals surface area contributed by atoms with Crippen LogP contribution in [0, 0.1) is 6.92 Å². The van der Waals surface area contributed by atoms with Crippen molar-refractivity contribution in [1.29, 1.82) is 0 Å². The third kappa shape index (κ3) is 5.37. The van der Waals surface area contributed by atoms with Crippen molar-refractivity contribution in [3.8, 4) is 0 Å². The Bertz CT molecular complexity index is 891. The molecule has 0 radical (unpaired) electrons. The molecule has 1 N–H and O–H groups in total. The van der Waals surface area contributed by atoms with Crippen LogP contribution in [0.2, 0.25) is 0 Å². The van der Waals surface area contributed by atoms with Gasteiger partial charge in [0.25, 0.3) is 0 Å². The molecule has 0 atom stereocenters. The van der Waals surface area contributed by atoms with Crippen molar-refractivity contribution in [3.05, 3.63) is 51.5 Å². The average molecular weight is 428 g/mol. The van der Waals surface area contributed by atoms with Gasteiger partial charge in [-0.1, -0.05) is 24.3 Å². The van der Waals surface area contributed by atoms with Gasteiger partial charge in [0.1, 0.15) is 0 Å². The predicted octanol–water partition coefficient (Wildman–Crippen LogP) is 2.60. The van der Waals surface area contributed by atoms with Crippen LogP contribution in [0.1, 0.15) is 34.7 Å². The van der Waals surface area contributed by atoms with Gasteiger partial charge < -0.3 is 15.1 Å². The number of carbonyl (C=O) groups excluding carboxylic acids is 2. The number of amides is 3. The molecule has 3 heterocycles. The molecule has 2 aliphatic rings. The number of aryl methyl sites for hydroxylation is 1. The van der Waals surface area contributed by atoms with Gasteiger partial charge in [0.15, 0.2) is 0 Å². The summed E-state index contributed by atoms with van der Waals surface area (Å²) in [7, 11) is 0. The van der Waals surface area contributed by atoms with E-state index in [2.05, 4.69) is 26.6 Å². The number of urea groups is 1. The number of aromatic nitrogens is 1. The number of hydrogen-bond donors (Lipinski definition) is 1. The van der Waals surface area contributed by atoms with Gasteiger partial charge in [-0.05, 0) is 24.5 Å². The molecule has 8 heteroatoms. The van der Waals surface area contributed by atoms with Crippen LogP contribution in [0.4, 0.5) is 4.79 Å². The fraction of sp³-hybridized carbons (Fsp3) is 0.500. The maximum absolute atomic E-state index is 12.6. The normalized spacial score (nSPS) is 17.6. The summed E-state index contributed by atoms with van der Waals surface area (Å²) in [6.07, 6.45) is 1.61. The van der Waals surface area contributed by atoms with Crippen molar-refractivity contribution >= 4 is 23.3 Å². The quantitative estimate of drug-likeness (QED) is 0.770. The van der Waals surface area contributed by atoms with Crippen molar-refractivity contribution in [2.45, 2.75) is 39.4 Å². The highest BCUT2D eigenvalue weighted by atomic mass is 32.1. The highest BCUT2D eigenvalue weighted by molar-refractivity contribution is 7.09. The van der Waals surface area contributed by atoms with Gasteiger partial charge in [0.05, 0.1) is 10.7 Å². The van der Waals surface area contributed by atoms with Crippen LogP contribution in [-0.4, -0.2) is 64.3 Å². The third-order valence-corrected chi connectivity index (χ3v) is 6.51. The highest BCUT2D eigenvalue weighted by Crippen LogP contribution is 2.16. The number of nitrogens with zero attached hydrogens (tertiary/aromatic N) is 4. The van der Waals surface area contributed by atoms with E-state index in [9.17, 15) is 9.59 Å². The lowest BCUT2D eigenvalue weighted by Crippen LogP contribution is -2.51. The number of likely N-dealkylation sites (tertiary alicyclic amines) is 1. The van der Waals surface area contributed by atoms with Crippen molar-refractivity contribution < 1.29 is 9.59 Å². The minimum atomic E-state index is -0.0146. The van der Waals surface area contributed by atoms with Gasteiger partial charge in [-0.25, -0.2) is 9.78 Å². The van der Waals surface area contributed by atoms with E-state index in [1.807, 2.05) is 34.9 Å². The fourth-order valence-electron chi connectivity index (χ4n) is 4.04. The molecule has 4 rings (SSSR count). The molecule has 2 aliphatic heterocycles. The topological polar surface area (TPSA) is 68.8 Å². The van der Waals surface area contributed by atoms with E-state index in [0.717, 1.165) is 67.5 Å². The zero-order valence-corrected chi connectivity index (χ0v) is 18.3. The van der Waals surface area contributed by atoms with Crippen molar-refractivity contribution in [3.63, 3.8) is 0 Å². The van der Waals surface area contributed by atoms with E-state index < -0.39 is 0 Å². The Labute approximate surface area is 181 Å². The molecule has 0 saturated carbocycles. The molecule has 3 amide bonds. The molecule has 0 unspecified atom stereocenters. The Morgan fingerprint density at radius 3 is 2.63 bits per heavy atom. The Hall–Kier alpha value is -2.45. The van der Waals surface area contributed by atoms with Gasteiger partial charge in [-0.2, -0.15) is 0 Å². The number of carbonyl (C=O) groups is 2. The number of thiazole rings is 1. The summed E-state index contributed by atoms with van der Waals surface area (Å²) in [5.41, 5.74) is 3.29. The van der Waals surface area contributed by atoms with E-state index in [0.29, 0.717) is 19.5 Å². The van der Waals surface area contributed by atoms with Crippen LogP contribution < -0.4 is 5.32 Å². The monoisotopic (exact) mass is 427 g/mol. The molecule has 0 bridgehead atoms. The Morgan fingerprint density at radius 2 is 1.93 bits per heavy atom. The molecular weight excluding hydrogens is 398 g/mol. The summed E-state index contributed by atoms with van der Waals surface area (Å²) >= 11 is 1.68. The maximum atomic E-state index is 12.6. The van der Waals surface area contributed by atoms with Crippen LogP contribution in [0.5, 0.6) is 0 Å². The summed E-state index contributed by atoms with van der Waals surface area (Å²) in [4.78, 5) is 35.1. The van der Waals surface area contributed by atoms with E-state index >= 15 is 0 Å². The summed E-state index contributed by atoms with van der Waals surface area (Å²) in [5, 5.41) is 6.25. The van der Waals surface area contributed by atoms with Gasteiger partial charge in [0, 0.05) is 64.2 Å². The fourth-order valence-corrected chi connectivity index (χ4v) is 4.64. The standard InChI is InChI=1S/C22H29N5O2S/c1-17-24-20(16-30-17)15-25-8-10-26(11-9-25)22(29)23-13-18-4-2-5-19(12-18)14-27-7-3-6-21(27)28/h2,4-5,12,16H,3,6-11,13-15H2,1H3,(H,23,29). The number of nitrogens with one attached hydrogen (secondary N) is 1. The van der Waals surface area contributed by atoms with Crippen LogP contribution in [-0.2, 0) is 24.4 Å². The molecular formula is C22H29N5O2S. The molecule has 30 heavy (non-hydrogen) atoms. The molecule has 160 valence electrons. The van der Waals surface area contributed by atoms with Gasteiger partial charge in [-0.3, -0.25) is 9.69 Å². The van der Waals surface area contributed by atoms with Crippen LogP contribution in [0.25, 0.3) is 0 Å². The zero-order valence-electron chi connectivity index (χ0n) is 17.5. The summed E-state index contributed by atoms with van der Waals surface area (Å²) in [6, 6.07) is 8.12. The number of benzene rings is 1. The lowest BCUT2D eigenvalue weighted by molar-refractivity contribution is -0.128. The van der Waals surface area contributed by atoms with Crippen molar-refractivity contribution in [1.82, 2.24) is 25.0 Å². The van der Waals surface area contributed by atoms with E-state index in [1.165, 1.54) is 0 Å². The highest BCUT2D eigenvalue weighted by Gasteiger charge is 2.22. The second kappa shape index (κ2) is 9.57. The zero-order chi connectivity index (χ0) is 20.9. The lowest BCUT2D eigenvalue weighted by Gasteiger charge is -2.34. The third-order valence-electron chi connectivity index (χ3n) is 5.69. The van der Waals surface area contributed by atoms with Crippen LogP contribution in [0.15, 0.2) is 29.6 Å². The molecule has 1 aromatic heterocycles. The number of rotatable bonds is 6. The molecule has 7 nitrogen and oxygen atoms in total. The molecule has 2 saturated heterocycles. The first-order valence-electron chi connectivity index (χ1n) is 10.6. The average Bonchev–Trinajstić information content (AvgIpc) is 3.35. The summed E-state index contributed by atoms with van der Waals surface area (Å²) in [6.45, 7) is 8.06. The smallest absolute Gasteiger partial charge is 0.317 e. The molecule has 1 aromatic carbocycles. The number of piperazine rings is 1. The minimum Gasteiger partial charge on any atom is -0.338 e. The Kier molecular flexibility index (Phi) is 6.64. The van der Waals surface area contributed by atoms with Gasteiger partial charge in [0.2, 0.25) is 5.91 Å². The molecule has 2 aromatic rings. The first-order valence-corrected chi connectivity index (χ1v) is 11.5. The Morgan fingerprint density at radius 1 is 1.13 bits per heavy atom. The second-order valence-electron chi connectivity index (χ2n) is 8.02. The Balaban J connectivity index is 1.22.